The van der Waals surface area contributed by atoms with Gasteiger partial charge in [-0.3, -0.25) is 0 Å². The van der Waals surface area contributed by atoms with Crippen molar-refractivity contribution in [1.82, 2.24) is 4.57 Å². The Bertz CT molecular complexity index is 1290. The first-order chi connectivity index (χ1) is 16.1. The maximum absolute atomic E-state index is 5.64. The van der Waals surface area contributed by atoms with Crippen LogP contribution < -0.4 is 9.13 Å². The molecule has 0 fully saturated rings. The number of benzene rings is 2. The van der Waals surface area contributed by atoms with E-state index in [1.54, 1.807) is 6.39 Å². The molecule has 0 aliphatic carbocycles. The molecule has 0 unspecified atom stereocenters. The number of nitrogens with zero attached hydrogens (tertiary/aromatic N) is 3. The highest BCUT2D eigenvalue weighted by molar-refractivity contribution is 5.51. The molecule has 0 saturated heterocycles. The lowest BCUT2D eigenvalue weighted by Gasteiger charge is -2.24. The van der Waals surface area contributed by atoms with Crippen LogP contribution in [0.1, 0.15) is 81.3 Å². The van der Waals surface area contributed by atoms with Gasteiger partial charge in [-0.2, -0.15) is 9.13 Å². The minimum atomic E-state index is -0.187. The highest BCUT2D eigenvalue weighted by Gasteiger charge is 2.40. The van der Waals surface area contributed by atoms with Crippen molar-refractivity contribution in [3.8, 4) is 17.2 Å². The zero-order valence-electron chi connectivity index (χ0n) is 22.2. The number of imidazole rings is 1. The molecule has 2 heterocycles. The predicted molar refractivity (Wildman–Crippen MR) is 137 cm³/mol. The molecule has 0 amide bonds. The number of rotatable bonds is 6. The van der Waals surface area contributed by atoms with E-state index >= 15 is 0 Å². The van der Waals surface area contributed by atoms with Gasteiger partial charge in [-0.05, 0) is 43.7 Å². The van der Waals surface area contributed by atoms with Crippen molar-refractivity contribution in [2.75, 3.05) is 0 Å². The minimum Gasteiger partial charge on any atom is -0.411 e. The molecule has 0 aliphatic rings. The third-order valence-corrected chi connectivity index (χ3v) is 7.21. The standard InChI is InChI=1S/C30H39N3O/c1-20(2)23-14-12-15-24(21(3)4)28(23)33-17-27(30(6,7)25-16-11-10-13-22(25)5)32(9)29(33)26-18-34-19-31(26)8/h10-21H,1-9H3/q+2. The van der Waals surface area contributed by atoms with Gasteiger partial charge in [-0.25, -0.2) is 4.57 Å². The molecular formula is C30H39N3O+2. The van der Waals surface area contributed by atoms with Gasteiger partial charge in [0.2, 0.25) is 0 Å². The van der Waals surface area contributed by atoms with Crippen molar-refractivity contribution in [3.05, 3.63) is 89.3 Å². The number of para-hydroxylation sites is 1. The number of oxazole rings is 1. The second kappa shape index (κ2) is 8.90. The Kier molecular flexibility index (Phi) is 6.28. The molecule has 4 aromatic rings. The number of aryl methyl sites for hydroxylation is 2. The highest BCUT2D eigenvalue weighted by Crippen LogP contribution is 2.36. The van der Waals surface area contributed by atoms with Gasteiger partial charge < -0.3 is 4.42 Å². The molecule has 0 saturated carbocycles. The summed E-state index contributed by atoms with van der Waals surface area (Å²) in [7, 11) is 4.22. The fourth-order valence-corrected chi connectivity index (χ4v) is 5.33. The van der Waals surface area contributed by atoms with E-state index in [2.05, 4.69) is 118 Å². The summed E-state index contributed by atoms with van der Waals surface area (Å²) in [5, 5.41) is 0. The summed E-state index contributed by atoms with van der Waals surface area (Å²) in [5.41, 5.74) is 8.75. The van der Waals surface area contributed by atoms with E-state index in [-0.39, 0.29) is 5.41 Å². The van der Waals surface area contributed by atoms with Crippen LogP contribution in [0.25, 0.3) is 17.2 Å². The lowest BCUT2D eigenvalue weighted by atomic mass is 9.79. The molecule has 0 bridgehead atoms. The van der Waals surface area contributed by atoms with Crippen LogP contribution in [0, 0.1) is 6.92 Å². The van der Waals surface area contributed by atoms with Crippen molar-refractivity contribution in [1.29, 1.82) is 0 Å². The number of aromatic nitrogens is 3. The first-order valence-corrected chi connectivity index (χ1v) is 12.3. The first kappa shape index (κ1) is 24.0. The Morgan fingerprint density at radius 1 is 0.912 bits per heavy atom. The third-order valence-electron chi connectivity index (χ3n) is 7.21. The molecule has 2 aromatic carbocycles. The largest absolute Gasteiger partial charge is 0.411 e. The molecule has 0 aliphatic heterocycles. The van der Waals surface area contributed by atoms with Gasteiger partial charge in [0.25, 0.3) is 0 Å². The van der Waals surface area contributed by atoms with Crippen LogP contribution >= 0.6 is 0 Å². The third kappa shape index (κ3) is 3.89. The molecule has 4 heteroatoms. The van der Waals surface area contributed by atoms with Crippen molar-refractivity contribution < 1.29 is 13.6 Å². The van der Waals surface area contributed by atoms with Crippen molar-refractivity contribution >= 4 is 0 Å². The van der Waals surface area contributed by atoms with Crippen LogP contribution in [0.3, 0.4) is 0 Å². The highest BCUT2D eigenvalue weighted by atomic mass is 16.3. The average molecular weight is 458 g/mol. The van der Waals surface area contributed by atoms with E-state index in [0.717, 1.165) is 11.5 Å². The fraction of sp³-hybridized carbons (Fsp3) is 0.400. The smallest absolute Gasteiger partial charge is 0.363 e. The zero-order chi connectivity index (χ0) is 24.8. The Balaban J connectivity index is 2.11. The van der Waals surface area contributed by atoms with Crippen LogP contribution in [0.5, 0.6) is 0 Å². The van der Waals surface area contributed by atoms with Crippen LogP contribution in [0.4, 0.5) is 0 Å². The van der Waals surface area contributed by atoms with E-state index in [4.69, 9.17) is 4.42 Å². The quantitative estimate of drug-likeness (QED) is 0.314. The van der Waals surface area contributed by atoms with Gasteiger partial charge in [0, 0.05) is 11.1 Å². The van der Waals surface area contributed by atoms with Gasteiger partial charge >= 0.3 is 17.9 Å². The summed E-state index contributed by atoms with van der Waals surface area (Å²) in [6.07, 6.45) is 5.96. The molecule has 0 spiro atoms. The Labute approximate surface area is 204 Å². The van der Waals surface area contributed by atoms with Gasteiger partial charge in [-0.15, -0.1) is 0 Å². The SMILES string of the molecule is Cc1ccccc1C(C)(C)c1c[n+](-c2c(C(C)C)cccc2C(C)C)c(-c2coc[n+]2C)n1C. The summed E-state index contributed by atoms with van der Waals surface area (Å²) in [6.45, 7) is 16.0. The zero-order valence-corrected chi connectivity index (χ0v) is 22.2. The summed E-state index contributed by atoms with van der Waals surface area (Å²) < 4.78 is 12.4. The van der Waals surface area contributed by atoms with Gasteiger partial charge in [-0.1, -0.05) is 70.2 Å². The predicted octanol–water partition coefficient (Wildman–Crippen LogP) is 6.27. The average Bonchev–Trinajstić information content (AvgIpc) is 3.35. The number of hydrogen-bond donors (Lipinski definition) is 0. The van der Waals surface area contributed by atoms with Crippen LogP contribution in [-0.4, -0.2) is 4.57 Å². The molecule has 0 radical (unpaired) electrons. The van der Waals surface area contributed by atoms with Gasteiger partial charge in [0.05, 0.1) is 12.5 Å². The Morgan fingerprint density at radius 2 is 1.53 bits per heavy atom. The summed E-state index contributed by atoms with van der Waals surface area (Å²) >= 11 is 0. The summed E-state index contributed by atoms with van der Waals surface area (Å²) in [5.74, 6) is 1.92. The minimum absolute atomic E-state index is 0.187. The van der Waals surface area contributed by atoms with Gasteiger partial charge in [0.1, 0.15) is 18.9 Å². The summed E-state index contributed by atoms with van der Waals surface area (Å²) in [6, 6.07) is 15.5. The molecule has 0 N–H and O–H groups in total. The monoisotopic (exact) mass is 457 g/mol. The van der Waals surface area contributed by atoms with E-state index in [0.29, 0.717) is 11.8 Å². The van der Waals surface area contributed by atoms with Gasteiger partial charge in [0.15, 0.2) is 12.0 Å². The maximum Gasteiger partial charge on any atom is 0.363 e. The first-order valence-electron chi connectivity index (χ1n) is 12.3. The van der Waals surface area contributed by atoms with Crippen molar-refractivity contribution in [2.24, 2.45) is 14.1 Å². The fourth-order valence-electron chi connectivity index (χ4n) is 5.33. The van der Waals surface area contributed by atoms with Crippen LogP contribution in [0.15, 0.2) is 65.7 Å². The molecule has 34 heavy (non-hydrogen) atoms. The molecule has 0 atom stereocenters. The molecule has 4 nitrogen and oxygen atoms in total. The molecular weight excluding hydrogens is 418 g/mol. The summed E-state index contributed by atoms with van der Waals surface area (Å²) in [4.78, 5) is 0. The molecule has 178 valence electrons. The normalized spacial score (nSPS) is 12.2. The lowest BCUT2D eigenvalue weighted by Crippen LogP contribution is -2.39. The lowest BCUT2D eigenvalue weighted by molar-refractivity contribution is -0.674. The maximum atomic E-state index is 5.64. The van der Waals surface area contributed by atoms with E-state index in [9.17, 15) is 0 Å². The second-order valence-corrected chi connectivity index (χ2v) is 10.7. The Morgan fingerprint density at radius 3 is 2.06 bits per heavy atom. The van der Waals surface area contributed by atoms with Crippen LogP contribution in [-0.2, 0) is 19.5 Å². The van der Waals surface area contributed by atoms with E-state index < -0.39 is 0 Å². The second-order valence-electron chi connectivity index (χ2n) is 10.7. The Hall–Kier alpha value is -3.14. The van der Waals surface area contributed by atoms with Crippen LogP contribution in [0.2, 0.25) is 0 Å². The van der Waals surface area contributed by atoms with Crippen molar-refractivity contribution in [2.45, 2.75) is 65.7 Å². The molecule has 4 rings (SSSR count). The van der Waals surface area contributed by atoms with E-state index in [1.807, 2.05) is 13.3 Å². The van der Waals surface area contributed by atoms with Crippen molar-refractivity contribution in [3.63, 3.8) is 0 Å². The molecule has 2 aromatic heterocycles. The van der Waals surface area contributed by atoms with E-state index in [1.165, 1.54) is 33.6 Å². The number of hydrogen-bond acceptors (Lipinski definition) is 1. The topological polar surface area (TPSA) is 25.8 Å².